The lowest BCUT2D eigenvalue weighted by atomic mass is 10.2. The average Bonchev–Trinajstić information content (AvgIpc) is 3.29. The van der Waals surface area contributed by atoms with Gasteiger partial charge in [0.2, 0.25) is 17.6 Å². The first-order chi connectivity index (χ1) is 14.6. The smallest absolute Gasteiger partial charge is 0.412 e. The highest BCUT2D eigenvalue weighted by molar-refractivity contribution is 7.16. The number of carbonyl (C=O) groups excluding carboxylic acids is 2. The molecule has 0 aliphatic rings. The fourth-order valence-corrected chi connectivity index (χ4v) is 3.16. The third-order valence-electron chi connectivity index (χ3n) is 3.62. The van der Waals surface area contributed by atoms with Crippen LogP contribution in [-0.4, -0.2) is 32.7 Å². The van der Waals surface area contributed by atoms with Gasteiger partial charge in [0.05, 0.1) is 11.1 Å². The number of aromatic nitrogens is 3. The van der Waals surface area contributed by atoms with Crippen LogP contribution in [0.5, 0.6) is 10.9 Å². The molecule has 31 heavy (non-hydrogen) atoms. The standard InChI is InChI=1S/C20H23N5O5S/c1-11(22-12(2)26)17-24-16(25-30-17)15-10-21-19(31-15)28-14-8-6-7-13(9-14)23-18(27)29-20(3,4)5/h6-11H,1-5H3,(H,22,26)(H,23,27). The molecule has 0 bridgehead atoms. The number of amides is 2. The number of anilines is 1. The minimum absolute atomic E-state index is 0.191. The van der Waals surface area contributed by atoms with Crippen molar-refractivity contribution in [3.63, 3.8) is 0 Å². The van der Waals surface area contributed by atoms with Gasteiger partial charge in [0.1, 0.15) is 17.4 Å². The van der Waals surface area contributed by atoms with Crippen LogP contribution in [0.2, 0.25) is 0 Å². The van der Waals surface area contributed by atoms with Gasteiger partial charge in [0.15, 0.2) is 0 Å². The van der Waals surface area contributed by atoms with E-state index in [-0.39, 0.29) is 5.91 Å². The quantitative estimate of drug-likeness (QED) is 0.566. The number of ether oxygens (including phenoxy) is 2. The van der Waals surface area contributed by atoms with Gasteiger partial charge in [-0.15, -0.1) is 0 Å². The largest absolute Gasteiger partial charge is 0.444 e. The Bertz CT molecular complexity index is 1070. The summed E-state index contributed by atoms with van der Waals surface area (Å²) in [4.78, 5) is 32.3. The van der Waals surface area contributed by atoms with Crippen molar-refractivity contribution < 1.29 is 23.6 Å². The first kappa shape index (κ1) is 22.2. The van der Waals surface area contributed by atoms with E-state index in [1.165, 1.54) is 18.3 Å². The Morgan fingerprint density at radius 2 is 2.03 bits per heavy atom. The Labute approximate surface area is 183 Å². The van der Waals surface area contributed by atoms with E-state index in [1.807, 2.05) is 0 Å². The van der Waals surface area contributed by atoms with E-state index in [0.29, 0.717) is 33.2 Å². The highest BCUT2D eigenvalue weighted by atomic mass is 32.1. The molecule has 2 heterocycles. The molecule has 0 aliphatic carbocycles. The third kappa shape index (κ3) is 6.51. The van der Waals surface area contributed by atoms with Crippen LogP contribution < -0.4 is 15.4 Å². The molecule has 0 aliphatic heterocycles. The van der Waals surface area contributed by atoms with Gasteiger partial charge in [0.25, 0.3) is 5.19 Å². The normalized spacial score (nSPS) is 12.2. The molecule has 3 rings (SSSR count). The van der Waals surface area contributed by atoms with Crippen LogP contribution in [0.15, 0.2) is 35.0 Å². The molecule has 0 spiro atoms. The van der Waals surface area contributed by atoms with Crippen molar-refractivity contribution in [2.45, 2.75) is 46.3 Å². The Hall–Kier alpha value is -3.47. The second-order valence-electron chi connectivity index (χ2n) is 7.63. The van der Waals surface area contributed by atoms with E-state index in [9.17, 15) is 9.59 Å². The molecule has 0 fully saturated rings. The van der Waals surface area contributed by atoms with Crippen LogP contribution in [0.1, 0.15) is 46.6 Å². The predicted octanol–water partition coefficient (Wildman–Crippen LogP) is 4.53. The summed E-state index contributed by atoms with van der Waals surface area (Å²) in [5.74, 6) is 0.938. The SMILES string of the molecule is CC(=O)NC(C)c1nc(-c2cnc(Oc3cccc(NC(=O)OC(C)(C)C)c3)s2)no1. The van der Waals surface area contributed by atoms with Gasteiger partial charge in [0, 0.05) is 18.7 Å². The number of nitrogens with one attached hydrogen (secondary N) is 2. The average molecular weight is 446 g/mol. The van der Waals surface area contributed by atoms with E-state index < -0.39 is 17.7 Å². The topological polar surface area (TPSA) is 128 Å². The van der Waals surface area contributed by atoms with Crippen LogP contribution in [-0.2, 0) is 9.53 Å². The zero-order valence-electron chi connectivity index (χ0n) is 17.8. The first-order valence-electron chi connectivity index (χ1n) is 9.44. The number of thiazole rings is 1. The van der Waals surface area contributed by atoms with Crippen molar-refractivity contribution in [1.82, 2.24) is 20.4 Å². The molecular weight excluding hydrogens is 422 g/mol. The molecule has 0 saturated heterocycles. The number of hydrogen-bond donors (Lipinski definition) is 2. The molecule has 2 aromatic heterocycles. The monoisotopic (exact) mass is 445 g/mol. The van der Waals surface area contributed by atoms with Gasteiger partial charge in [-0.05, 0) is 39.8 Å². The molecule has 0 saturated carbocycles. The molecule has 10 nitrogen and oxygen atoms in total. The minimum atomic E-state index is -0.593. The first-order valence-corrected chi connectivity index (χ1v) is 10.3. The second-order valence-corrected chi connectivity index (χ2v) is 8.62. The highest BCUT2D eigenvalue weighted by Gasteiger charge is 2.19. The minimum Gasteiger partial charge on any atom is -0.444 e. The fourth-order valence-electron chi connectivity index (χ4n) is 2.45. The summed E-state index contributed by atoms with van der Waals surface area (Å²) < 4.78 is 16.2. The van der Waals surface area contributed by atoms with Crippen molar-refractivity contribution in [2.24, 2.45) is 0 Å². The van der Waals surface area contributed by atoms with Crippen molar-refractivity contribution in [3.8, 4) is 21.6 Å². The van der Waals surface area contributed by atoms with E-state index >= 15 is 0 Å². The summed E-state index contributed by atoms with van der Waals surface area (Å²) in [6.45, 7) is 8.54. The second kappa shape index (κ2) is 9.13. The molecule has 2 amide bonds. The maximum atomic E-state index is 11.9. The summed E-state index contributed by atoms with van der Waals surface area (Å²) in [6.07, 6.45) is 1.02. The number of nitrogens with zero attached hydrogens (tertiary/aromatic N) is 3. The lowest BCUT2D eigenvalue weighted by Crippen LogP contribution is -2.27. The Kier molecular flexibility index (Phi) is 6.54. The lowest BCUT2D eigenvalue weighted by Gasteiger charge is -2.19. The molecule has 1 unspecified atom stereocenters. The lowest BCUT2D eigenvalue weighted by molar-refractivity contribution is -0.119. The predicted molar refractivity (Wildman–Crippen MR) is 114 cm³/mol. The number of benzene rings is 1. The van der Waals surface area contributed by atoms with Gasteiger partial charge in [-0.25, -0.2) is 9.78 Å². The molecule has 164 valence electrons. The van der Waals surface area contributed by atoms with E-state index in [1.54, 1.807) is 58.2 Å². The molecule has 1 aromatic carbocycles. The molecule has 0 radical (unpaired) electrons. The van der Waals surface area contributed by atoms with Crippen LogP contribution in [0, 0.1) is 0 Å². The summed E-state index contributed by atoms with van der Waals surface area (Å²) in [6, 6.07) is 6.46. The van der Waals surface area contributed by atoms with Gasteiger partial charge in [-0.2, -0.15) is 4.98 Å². The van der Waals surface area contributed by atoms with Gasteiger partial charge in [-0.1, -0.05) is 22.6 Å². The summed E-state index contributed by atoms with van der Waals surface area (Å²) in [5.41, 5.74) is -0.0666. The van der Waals surface area contributed by atoms with Crippen LogP contribution in [0.4, 0.5) is 10.5 Å². The van der Waals surface area contributed by atoms with E-state index in [0.717, 1.165) is 0 Å². The van der Waals surface area contributed by atoms with Crippen LogP contribution in [0.25, 0.3) is 10.7 Å². The highest BCUT2D eigenvalue weighted by Crippen LogP contribution is 2.32. The van der Waals surface area contributed by atoms with Gasteiger partial charge < -0.3 is 19.3 Å². The summed E-state index contributed by atoms with van der Waals surface area (Å²) in [7, 11) is 0. The molecule has 11 heteroatoms. The Balaban J connectivity index is 1.66. The van der Waals surface area contributed by atoms with Crippen molar-refractivity contribution in [2.75, 3.05) is 5.32 Å². The van der Waals surface area contributed by atoms with E-state index in [2.05, 4.69) is 25.8 Å². The third-order valence-corrected chi connectivity index (χ3v) is 4.49. The molecule has 3 aromatic rings. The fraction of sp³-hybridized carbons (Fsp3) is 0.350. The molecular formula is C20H23N5O5S. The zero-order valence-corrected chi connectivity index (χ0v) is 18.6. The Morgan fingerprint density at radius 1 is 1.26 bits per heavy atom. The summed E-state index contributed by atoms with van der Waals surface area (Å²) >= 11 is 1.23. The van der Waals surface area contributed by atoms with Crippen molar-refractivity contribution in [3.05, 3.63) is 36.4 Å². The van der Waals surface area contributed by atoms with Gasteiger partial charge in [-0.3, -0.25) is 10.1 Å². The van der Waals surface area contributed by atoms with Gasteiger partial charge >= 0.3 is 6.09 Å². The number of rotatable bonds is 6. The summed E-state index contributed by atoms with van der Waals surface area (Å²) in [5, 5.41) is 9.64. The van der Waals surface area contributed by atoms with Crippen LogP contribution in [0.3, 0.4) is 0 Å². The maximum absolute atomic E-state index is 11.9. The van der Waals surface area contributed by atoms with Crippen LogP contribution >= 0.6 is 11.3 Å². The van der Waals surface area contributed by atoms with Crippen molar-refractivity contribution >= 4 is 29.0 Å². The number of hydrogen-bond acceptors (Lipinski definition) is 9. The molecule has 2 N–H and O–H groups in total. The maximum Gasteiger partial charge on any atom is 0.412 e. The zero-order chi connectivity index (χ0) is 22.6. The van der Waals surface area contributed by atoms with E-state index in [4.69, 9.17) is 14.0 Å². The molecule has 1 atom stereocenters. The number of carbonyl (C=O) groups is 2. The van der Waals surface area contributed by atoms with Crippen molar-refractivity contribution in [1.29, 1.82) is 0 Å². The Morgan fingerprint density at radius 3 is 2.74 bits per heavy atom.